The van der Waals surface area contributed by atoms with Gasteiger partial charge in [-0.3, -0.25) is 14.2 Å². The Balaban J connectivity index is 2.60. The second kappa shape index (κ2) is 7.58. The van der Waals surface area contributed by atoms with Gasteiger partial charge in [-0.05, 0) is 37.6 Å². The first-order valence-electron chi connectivity index (χ1n) is 7.70. The molecule has 0 radical (unpaired) electrons. The molecular formula is C16H20N4O4. The van der Waals surface area contributed by atoms with Crippen LogP contribution in [0.5, 0.6) is 5.75 Å². The van der Waals surface area contributed by atoms with Crippen LogP contribution in [-0.2, 0) is 6.54 Å². The van der Waals surface area contributed by atoms with Crippen LogP contribution in [0.4, 0.5) is 0 Å². The smallest absolute Gasteiger partial charge is 0.352 e. The number of nitrogens with zero attached hydrogens (tertiary/aromatic N) is 3. The Morgan fingerprint density at radius 1 is 1.21 bits per heavy atom. The Hall–Kier alpha value is -2.90. The zero-order valence-corrected chi connectivity index (χ0v) is 13.9. The minimum absolute atomic E-state index is 0.143. The Morgan fingerprint density at radius 2 is 1.88 bits per heavy atom. The molecule has 0 atom stereocenters. The van der Waals surface area contributed by atoms with Crippen LogP contribution >= 0.6 is 0 Å². The maximum absolute atomic E-state index is 12.5. The molecule has 0 fully saturated rings. The lowest BCUT2D eigenvalue weighted by Crippen LogP contribution is -2.45. The molecule has 0 saturated heterocycles. The van der Waals surface area contributed by atoms with Crippen LogP contribution in [0.2, 0.25) is 0 Å². The SMILES string of the molecule is CCCNC(=O)c1nn(-c2ccc(OC)cc2)c(=O)n(CC)c1=O. The van der Waals surface area contributed by atoms with Gasteiger partial charge in [0.05, 0.1) is 12.8 Å². The average molecular weight is 332 g/mol. The first-order valence-corrected chi connectivity index (χ1v) is 7.70. The van der Waals surface area contributed by atoms with Gasteiger partial charge in [-0.1, -0.05) is 6.92 Å². The van der Waals surface area contributed by atoms with Crippen LogP contribution in [0.1, 0.15) is 30.8 Å². The van der Waals surface area contributed by atoms with E-state index in [1.807, 2.05) is 6.92 Å². The fraction of sp³-hybridized carbons (Fsp3) is 0.375. The summed E-state index contributed by atoms with van der Waals surface area (Å²) in [5.74, 6) is 0.0304. The van der Waals surface area contributed by atoms with Crippen LogP contribution in [-0.4, -0.2) is 33.9 Å². The number of nitrogens with one attached hydrogen (secondary N) is 1. The van der Waals surface area contributed by atoms with Crippen molar-refractivity contribution in [3.8, 4) is 11.4 Å². The Labute approximate surface area is 138 Å². The first-order chi connectivity index (χ1) is 11.5. The summed E-state index contributed by atoms with van der Waals surface area (Å²) in [6.07, 6.45) is 0.728. The van der Waals surface area contributed by atoms with Gasteiger partial charge in [-0.25, -0.2) is 4.79 Å². The van der Waals surface area contributed by atoms with E-state index in [0.717, 1.165) is 15.7 Å². The standard InChI is InChI=1S/C16H20N4O4/c1-4-10-17-14(21)13-15(22)19(5-2)16(23)20(18-13)11-6-8-12(24-3)9-7-11/h6-9H,4-5,10H2,1-3H3,(H,17,21). The number of carbonyl (C=O) groups excluding carboxylic acids is 1. The number of hydrogen-bond donors (Lipinski definition) is 1. The molecule has 2 rings (SSSR count). The van der Waals surface area contributed by atoms with Gasteiger partial charge in [0.15, 0.2) is 0 Å². The van der Waals surface area contributed by atoms with Gasteiger partial charge in [0.25, 0.3) is 11.5 Å². The Morgan fingerprint density at radius 3 is 2.42 bits per heavy atom. The van der Waals surface area contributed by atoms with Crippen molar-refractivity contribution in [3.63, 3.8) is 0 Å². The third kappa shape index (κ3) is 3.37. The molecule has 0 spiro atoms. The summed E-state index contributed by atoms with van der Waals surface area (Å²) < 4.78 is 7.11. The second-order valence-corrected chi connectivity index (χ2v) is 5.05. The summed E-state index contributed by atoms with van der Waals surface area (Å²) in [6.45, 7) is 4.13. The highest BCUT2D eigenvalue weighted by atomic mass is 16.5. The number of carbonyl (C=O) groups is 1. The van der Waals surface area contributed by atoms with Crippen molar-refractivity contribution in [1.82, 2.24) is 19.7 Å². The average Bonchev–Trinajstić information content (AvgIpc) is 2.60. The normalized spacial score (nSPS) is 10.5. The molecular weight excluding hydrogens is 312 g/mol. The van der Waals surface area contributed by atoms with Gasteiger partial charge >= 0.3 is 5.69 Å². The molecule has 0 aliphatic carbocycles. The molecule has 2 aromatic rings. The van der Waals surface area contributed by atoms with Crippen molar-refractivity contribution < 1.29 is 9.53 Å². The summed E-state index contributed by atoms with van der Waals surface area (Å²) in [7, 11) is 1.53. The molecule has 8 nitrogen and oxygen atoms in total. The van der Waals surface area contributed by atoms with E-state index in [2.05, 4.69) is 10.4 Å². The Kier molecular flexibility index (Phi) is 5.51. The number of ether oxygens (including phenoxy) is 1. The molecule has 1 aromatic carbocycles. The van der Waals surface area contributed by atoms with Gasteiger partial charge in [0.2, 0.25) is 5.69 Å². The zero-order chi connectivity index (χ0) is 17.7. The van der Waals surface area contributed by atoms with E-state index < -0.39 is 17.2 Å². The van der Waals surface area contributed by atoms with Gasteiger partial charge in [-0.2, -0.15) is 9.78 Å². The minimum atomic E-state index is -0.694. The van der Waals surface area contributed by atoms with Crippen molar-refractivity contribution in [1.29, 1.82) is 0 Å². The van der Waals surface area contributed by atoms with Gasteiger partial charge in [-0.15, -0.1) is 0 Å². The van der Waals surface area contributed by atoms with Crippen molar-refractivity contribution in [3.05, 3.63) is 50.8 Å². The number of hydrogen-bond acceptors (Lipinski definition) is 5. The van der Waals surface area contributed by atoms with Crippen LogP contribution < -0.4 is 21.3 Å². The third-order valence-corrected chi connectivity index (χ3v) is 3.44. The van der Waals surface area contributed by atoms with E-state index in [9.17, 15) is 14.4 Å². The molecule has 0 aliphatic heterocycles. The van der Waals surface area contributed by atoms with E-state index in [-0.39, 0.29) is 12.2 Å². The molecule has 128 valence electrons. The summed E-state index contributed by atoms with van der Waals surface area (Å²) in [5.41, 5.74) is -1.16. The van der Waals surface area contributed by atoms with Gasteiger partial charge < -0.3 is 10.1 Å². The summed E-state index contributed by atoms with van der Waals surface area (Å²) in [4.78, 5) is 36.9. The first kappa shape index (κ1) is 17.5. The molecule has 0 aliphatic rings. The quantitative estimate of drug-likeness (QED) is 0.834. The molecule has 0 unspecified atom stereocenters. The fourth-order valence-corrected chi connectivity index (χ4v) is 2.15. The topological polar surface area (TPSA) is 95.2 Å². The number of methoxy groups -OCH3 is 1. The van der Waals surface area contributed by atoms with Gasteiger partial charge in [0, 0.05) is 13.1 Å². The predicted molar refractivity (Wildman–Crippen MR) is 88.9 cm³/mol. The minimum Gasteiger partial charge on any atom is -0.497 e. The lowest BCUT2D eigenvalue weighted by Gasteiger charge is -2.11. The third-order valence-electron chi connectivity index (χ3n) is 3.44. The summed E-state index contributed by atoms with van der Waals surface area (Å²) in [5, 5.41) is 6.58. The molecule has 1 aromatic heterocycles. The maximum atomic E-state index is 12.5. The molecule has 1 heterocycles. The highest BCUT2D eigenvalue weighted by Gasteiger charge is 2.19. The number of amides is 1. The van der Waals surface area contributed by atoms with Crippen molar-refractivity contribution in [2.45, 2.75) is 26.8 Å². The monoisotopic (exact) mass is 332 g/mol. The van der Waals surface area contributed by atoms with E-state index in [1.165, 1.54) is 7.11 Å². The zero-order valence-electron chi connectivity index (χ0n) is 13.9. The number of benzene rings is 1. The maximum Gasteiger partial charge on any atom is 0.352 e. The van der Waals surface area contributed by atoms with E-state index in [1.54, 1.807) is 31.2 Å². The lowest BCUT2D eigenvalue weighted by molar-refractivity contribution is 0.0944. The van der Waals surface area contributed by atoms with Crippen LogP contribution in [0, 0.1) is 0 Å². The molecule has 24 heavy (non-hydrogen) atoms. The summed E-state index contributed by atoms with van der Waals surface area (Å²) >= 11 is 0. The Bertz CT molecular complexity index is 837. The van der Waals surface area contributed by atoms with Crippen LogP contribution in [0.25, 0.3) is 5.69 Å². The fourth-order valence-electron chi connectivity index (χ4n) is 2.15. The highest BCUT2D eigenvalue weighted by Crippen LogP contribution is 2.12. The van der Waals surface area contributed by atoms with Gasteiger partial charge in [0.1, 0.15) is 5.75 Å². The predicted octanol–water partition coefficient (Wildman–Crippen LogP) is 0.562. The van der Waals surface area contributed by atoms with Crippen molar-refractivity contribution in [2.75, 3.05) is 13.7 Å². The van der Waals surface area contributed by atoms with E-state index in [4.69, 9.17) is 4.74 Å². The molecule has 1 amide bonds. The molecule has 0 saturated carbocycles. The number of rotatable bonds is 6. The van der Waals surface area contributed by atoms with Crippen LogP contribution in [0.15, 0.2) is 33.9 Å². The molecule has 1 N–H and O–H groups in total. The highest BCUT2D eigenvalue weighted by molar-refractivity contribution is 5.91. The lowest BCUT2D eigenvalue weighted by atomic mass is 10.3. The van der Waals surface area contributed by atoms with Crippen molar-refractivity contribution in [2.24, 2.45) is 0 Å². The number of aromatic nitrogens is 3. The van der Waals surface area contributed by atoms with Crippen LogP contribution in [0.3, 0.4) is 0 Å². The van der Waals surface area contributed by atoms with E-state index in [0.29, 0.717) is 18.0 Å². The largest absolute Gasteiger partial charge is 0.497 e. The van der Waals surface area contributed by atoms with Crippen molar-refractivity contribution >= 4 is 5.91 Å². The second-order valence-electron chi connectivity index (χ2n) is 5.05. The molecule has 0 bridgehead atoms. The molecule has 8 heteroatoms. The summed E-state index contributed by atoms with van der Waals surface area (Å²) in [6, 6.07) is 6.60. The van der Waals surface area contributed by atoms with E-state index >= 15 is 0 Å².